The molecule has 1 N–H and O–H groups in total. The van der Waals surface area contributed by atoms with Crippen LogP contribution in [0.15, 0.2) is 12.1 Å². The Balaban J connectivity index is 3.21. The topological polar surface area (TPSA) is 63.6 Å². The minimum Gasteiger partial charge on any atom is -0.507 e. The highest BCUT2D eigenvalue weighted by Crippen LogP contribution is 2.30. The third-order valence-electron chi connectivity index (χ3n) is 2.19. The van der Waals surface area contributed by atoms with E-state index in [4.69, 9.17) is 15.4 Å². The normalized spacial score (nSPS) is 11.4. The van der Waals surface area contributed by atoms with Crippen molar-refractivity contribution in [1.82, 2.24) is 0 Å². The molecule has 0 unspecified atom stereocenters. The number of phenols is 1. The van der Waals surface area contributed by atoms with Gasteiger partial charge in [0.25, 0.3) is 0 Å². The summed E-state index contributed by atoms with van der Waals surface area (Å²) in [6.07, 6.45) is 0.679. The van der Waals surface area contributed by atoms with E-state index in [1.165, 1.54) is 13.2 Å². The maximum atomic E-state index is 10.9. The minimum atomic E-state index is -3.67. The molecule has 0 aromatic heterocycles. The molecule has 4 nitrogen and oxygen atoms in total. The summed E-state index contributed by atoms with van der Waals surface area (Å²) < 4.78 is 26.9. The van der Waals surface area contributed by atoms with Crippen molar-refractivity contribution in [2.75, 3.05) is 7.11 Å². The molecule has 0 aliphatic heterocycles. The first kappa shape index (κ1) is 13.1. The van der Waals surface area contributed by atoms with Crippen molar-refractivity contribution in [3.8, 4) is 11.5 Å². The van der Waals surface area contributed by atoms with Gasteiger partial charge in [-0.1, -0.05) is 6.92 Å². The number of aryl methyl sites for hydroxylation is 1. The third kappa shape index (κ3) is 3.28. The number of halogens is 1. The van der Waals surface area contributed by atoms with Gasteiger partial charge in [-0.25, -0.2) is 8.42 Å². The molecule has 0 bridgehead atoms. The summed E-state index contributed by atoms with van der Waals surface area (Å²) in [5, 5.41) is 9.60. The zero-order chi connectivity index (χ0) is 12.3. The standard InChI is InChI=1S/C10H13ClO4S/c1-3-7-4-8(6-16(11,13)14)9(12)5-10(7)15-2/h4-5,12H,3,6H2,1-2H3. The average Bonchev–Trinajstić information content (AvgIpc) is 2.18. The highest BCUT2D eigenvalue weighted by Gasteiger charge is 2.14. The van der Waals surface area contributed by atoms with Gasteiger partial charge in [0.05, 0.1) is 12.9 Å². The highest BCUT2D eigenvalue weighted by atomic mass is 35.7. The van der Waals surface area contributed by atoms with Crippen molar-refractivity contribution in [1.29, 1.82) is 0 Å². The van der Waals surface area contributed by atoms with Crippen molar-refractivity contribution >= 4 is 19.7 Å². The molecule has 0 aliphatic rings. The molecule has 1 aromatic rings. The lowest BCUT2D eigenvalue weighted by Gasteiger charge is -2.10. The molecule has 0 spiro atoms. The maximum absolute atomic E-state index is 10.9. The van der Waals surface area contributed by atoms with Crippen molar-refractivity contribution < 1.29 is 18.3 Å². The van der Waals surface area contributed by atoms with E-state index in [9.17, 15) is 13.5 Å². The molecule has 90 valence electrons. The first-order valence-corrected chi connectivity index (χ1v) is 7.16. The van der Waals surface area contributed by atoms with E-state index >= 15 is 0 Å². The van der Waals surface area contributed by atoms with Gasteiger partial charge in [-0.3, -0.25) is 0 Å². The van der Waals surface area contributed by atoms with Gasteiger partial charge in [-0.15, -0.1) is 0 Å². The van der Waals surface area contributed by atoms with Gasteiger partial charge in [0, 0.05) is 22.3 Å². The van der Waals surface area contributed by atoms with Crippen LogP contribution in [0.3, 0.4) is 0 Å². The lowest BCUT2D eigenvalue weighted by Crippen LogP contribution is -1.98. The lowest BCUT2D eigenvalue weighted by molar-refractivity contribution is 0.402. The van der Waals surface area contributed by atoms with Crippen LogP contribution in [-0.4, -0.2) is 20.6 Å². The molecule has 6 heteroatoms. The van der Waals surface area contributed by atoms with E-state index < -0.39 is 14.8 Å². The van der Waals surface area contributed by atoms with Crippen LogP contribution < -0.4 is 4.74 Å². The van der Waals surface area contributed by atoms with E-state index in [0.717, 1.165) is 5.56 Å². The van der Waals surface area contributed by atoms with Crippen molar-refractivity contribution in [2.24, 2.45) is 0 Å². The summed E-state index contributed by atoms with van der Waals surface area (Å²) in [6, 6.07) is 2.99. The van der Waals surface area contributed by atoms with Crippen LogP contribution in [0.1, 0.15) is 18.1 Å². The first-order chi connectivity index (χ1) is 7.37. The van der Waals surface area contributed by atoms with Crippen LogP contribution in [0, 0.1) is 0 Å². The fourth-order valence-corrected chi connectivity index (χ4v) is 2.39. The van der Waals surface area contributed by atoms with Gasteiger partial charge in [0.2, 0.25) is 9.05 Å². The SMILES string of the molecule is CCc1cc(CS(=O)(=O)Cl)c(O)cc1OC. The summed E-state index contributed by atoms with van der Waals surface area (Å²) in [7, 11) is 2.96. The molecule has 0 saturated carbocycles. The van der Waals surface area contributed by atoms with Gasteiger partial charge in [0.15, 0.2) is 0 Å². The minimum absolute atomic E-state index is 0.127. The molecule has 1 rings (SSSR count). The summed E-state index contributed by atoms with van der Waals surface area (Å²) in [4.78, 5) is 0. The molecular formula is C10H13ClO4S. The van der Waals surface area contributed by atoms with E-state index in [0.29, 0.717) is 12.2 Å². The average molecular weight is 265 g/mol. The Morgan fingerprint density at radius 1 is 1.38 bits per heavy atom. The van der Waals surface area contributed by atoms with Crippen LogP contribution in [0.2, 0.25) is 0 Å². The van der Waals surface area contributed by atoms with Crippen LogP contribution in [0.5, 0.6) is 11.5 Å². The predicted molar refractivity (Wildman–Crippen MR) is 62.5 cm³/mol. The number of benzene rings is 1. The Morgan fingerprint density at radius 2 is 2.00 bits per heavy atom. The number of hydrogen-bond acceptors (Lipinski definition) is 4. The monoisotopic (exact) mass is 264 g/mol. The quantitative estimate of drug-likeness (QED) is 0.846. The second-order valence-electron chi connectivity index (χ2n) is 3.33. The van der Waals surface area contributed by atoms with Crippen LogP contribution in [0.4, 0.5) is 0 Å². The Kier molecular flexibility index (Phi) is 4.04. The lowest BCUT2D eigenvalue weighted by atomic mass is 10.1. The summed E-state index contributed by atoms with van der Waals surface area (Å²) >= 11 is 0. The fraction of sp³-hybridized carbons (Fsp3) is 0.400. The molecule has 0 atom stereocenters. The predicted octanol–water partition coefficient (Wildman–Crippen LogP) is 2.03. The van der Waals surface area contributed by atoms with E-state index in [-0.39, 0.29) is 11.3 Å². The van der Waals surface area contributed by atoms with Crippen molar-refractivity contribution in [3.05, 3.63) is 23.3 Å². The number of aromatic hydroxyl groups is 1. The second kappa shape index (κ2) is 4.93. The molecule has 0 aliphatic carbocycles. The van der Waals surface area contributed by atoms with Crippen molar-refractivity contribution in [2.45, 2.75) is 19.1 Å². The summed E-state index contributed by atoms with van der Waals surface area (Å²) in [6.45, 7) is 1.91. The van der Waals surface area contributed by atoms with E-state index in [2.05, 4.69) is 0 Å². The van der Waals surface area contributed by atoms with E-state index in [1.807, 2.05) is 6.92 Å². The smallest absolute Gasteiger partial charge is 0.236 e. The zero-order valence-corrected chi connectivity index (χ0v) is 10.6. The Bertz CT molecular complexity index is 482. The van der Waals surface area contributed by atoms with E-state index in [1.54, 1.807) is 6.07 Å². The number of phenolic OH excluding ortho intramolecular Hbond substituents is 1. The van der Waals surface area contributed by atoms with Gasteiger partial charge in [-0.2, -0.15) is 0 Å². The van der Waals surface area contributed by atoms with Gasteiger partial charge >= 0.3 is 0 Å². The molecule has 0 amide bonds. The summed E-state index contributed by atoms with van der Waals surface area (Å²) in [5.74, 6) is 0.0196. The molecule has 0 radical (unpaired) electrons. The van der Waals surface area contributed by atoms with Gasteiger partial charge < -0.3 is 9.84 Å². The number of hydrogen-bond donors (Lipinski definition) is 1. The largest absolute Gasteiger partial charge is 0.507 e. The molecule has 0 saturated heterocycles. The second-order valence-corrected chi connectivity index (χ2v) is 6.11. The zero-order valence-electron chi connectivity index (χ0n) is 9.03. The Labute approximate surface area is 99.2 Å². The summed E-state index contributed by atoms with van der Waals surface area (Å²) in [5.41, 5.74) is 1.11. The van der Waals surface area contributed by atoms with Crippen LogP contribution in [-0.2, 0) is 21.2 Å². The molecule has 0 heterocycles. The molecule has 16 heavy (non-hydrogen) atoms. The third-order valence-corrected chi connectivity index (χ3v) is 3.17. The van der Waals surface area contributed by atoms with Crippen LogP contribution in [0.25, 0.3) is 0 Å². The van der Waals surface area contributed by atoms with Crippen LogP contribution >= 0.6 is 10.7 Å². The highest BCUT2D eigenvalue weighted by molar-refractivity contribution is 8.13. The molecular weight excluding hydrogens is 252 g/mol. The number of methoxy groups -OCH3 is 1. The molecule has 0 fully saturated rings. The Morgan fingerprint density at radius 3 is 2.44 bits per heavy atom. The fourth-order valence-electron chi connectivity index (χ4n) is 1.43. The first-order valence-electron chi connectivity index (χ1n) is 4.68. The number of rotatable bonds is 4. The number of ether oxygens (including phenoxy) is 1. The molecule has 1 aromatic carbocycles. The van der Waals surface area contributed by atoms with Gasteiger partial charge in [0.1, 0.15) is 11.5 Å². The maximum Gasteiger partial charge on any atom is 0.236 e. The Hall–Kier alpha value is -0.940. The van der Waals surface area contributed by atoms with Gasteiger partial charge in [-0.05, 0) is 18.1 Å². The van der Waals surface area contributed by atoms with Crippen molar-refractivity contribution in [3.63, 3.8) is 0 Å².